The summed E-state index contributed by atoms with van der Waals surface area (Å²) in [5.41, 5.74) is -1.14. The number of halogens is 4. The molecule has 0 saturated heterocycles. The summed E-state index contributed by atoms with van der Waals surface area (Å²) in [5.74, 6) is 0. The minimum absolute atomic E-state index is 0.0253. The molecule has 0 spiro atoms. The zero-order chi connectivity index (χ0) is 21.6. The van der Waals surface area contributed by atoms with Gasteiger partial charge in [0.05, 0.1) is 17.8 Å². The molecule has 7 heteroatoms. The Balaban J connectivity index is 2.89. The molecule has 0 bridgehead atoms. The van der Waals surface area contributed by atoms with Crippen molar-refractivity contribution in [1.29, 1.82) is 5.26 Å². The fraction of sp³-hybridized carbons (Fsp3) is 0.182. The molecule has 2 aromatic rings. The van der Waals surface area contributed by atoms with Crippen LogP contribution in [-0.4, -0.2) is 9.90 Å². The van der Waals surface area contributed by atoms with Crippen LogP contribution in [0.5, 0.6) is 0 Å². The van der Waals surface area contributed by atoms with Crippen molar-refractivity contribution in [2.45, 2.75) is 19.6 Å². The van der Waals surface area contributed by atoms with E-state index in [1.54, 1.807) is 43.3 Å². The van der Waals surface area contributed by atoms with Crippen molar-refractivity contribution in [1.82, 2.24) is 4.57 Å². The molecule has 0 aliphatic carbocycles. The maximum absolute atomic E-state index is 13.6. The van der Waals surface area contributed by atoms with E-state index in [2.05, 4.69) is 22.5 Å². The van der Waals surface area contributed by atoms with Crippen molar-refractivity contribution in [3.63, 3.8) is 0 Å². The lowest BCUT2D eigenvalue weighted by Crippen LogP contribution is -2.29. The summed E-state index contributed by atoms with van der Waals surface area (Å²) in [6.45, 7) is 5.45. The lowest BCUT2D eigenvalue weighted by molar-refractivity contribution is -0.138. The van der Waals surface area contributed by atoms with Crippen molar-refractivity contribution in [2.75, 3.05) is 5.33 Å². The van der Waals surface area contributed by atoms with Gasteiger partial charge in [-0.1, -0.05) is 76.6 Å². The van der Waals surface area contributed by atoms with Crippen LogP contribution in [0, 0.1) is 11.3 Å². The number of allylic oxidation sites excluding steroid dienone is 5. The Morgan fingerprint density at radius 1 is 1.31 bits per heavy atom. The third-order valence-corrected chi connectivity index (χ3v) is 4.99. The lowest BCUT2D eigenvalue weighted by Gasteiger charge is -2.18. The average Bonchev–Trinajstić information content (AvgIpc) is 2.68. The molecule has 1 aromatic heterocycles. The van der Waals surface area contributed by atoms with Crippen LogP contribution in [0.1, 0.15) is 29.3 Å². The first-order valence-electron chi connectivity index (χ1n) is 8.58. The first kappa shape index (κ1) is 22.4. The molecule has 0 N–H and O–H groups in total. The fourth-order valence-electron chi connectivity index (χ4n) is 2.78. The van der Waals surface area contributed by atoms with E-state index in [0.29, 0.717) is 10.9 Å². The zero-order valence-electron chi connectivity index (χ0n) is 15.6. The van der Waals surface area contributed by atoms with Gasteiger partial charge in [-0.05, 0) is 24.1 Å². The Labute approximate surface area is 175 Å². The van der Waals surface area contributed by atoms with E-state index in [0.717, 1.165) is 17.2 Å². The summed E-state index contributed by atoms with van der Waals surface area (Å²) in [5, 5.41) is 9.76. The summed E-state index contributed by atoms with van der Waals surface area (Å²) < 4.78 is 41.9. The van der Waals surface area contributed by atoms with Crippen molar-refractivity contribution >= 4 is 21.5 Å². The number of alkyl halides is 4. The number of hydrogen-bond donors (Lipinski definition) is 0. The van der Waals surface area contributed by atoms with Gasteiger partial charge >= 0.3 is 6.18 Å². The molecule has 0 aliphatic heterocycles. The minimum atomic E-state index is -4.84. The van der Waals surface area contributed by atoms with Gasteiger partial charge in [0.1, 0.15) is 11.6 Å². The molecule has 0 fully saturated rings. The average molecular weight is 463 g/mol. The van der Waals surface area contributed by atoms with E-state index < -0.39 is 22.9 Å². The van der Waals surface area contributed by atoms with Gasteiger partial charge in [0.2, 0.25) is 0 Å². The summed E-state index contributed by atoms with van der Waals surface area (Å²) >= 11 is 3.31. The number of nitriles is 1. The Morgan fingerprint density at radius 3 is 2.48 bits per heavy atom. The molecule has 0 atom stereocenters. The molecule has 1 aromatic carbocycles. The molecule has 0 radical (unpaired) electrons. The van der Waals surface area contributed by atoms with Crippen molar-refractivity contribution in [3.8, 4) is 6.07 Å². The Bertz CT molecular complexity index is 1060. The molecule has 3 nitrogen and oxygen atoms in total. The maximum atomic E-state index is 13.6. The zero-order valence-corrected chi connectivity index (χ0v) is 17.2. The van der Waals surface area contributed by atoms with Crippen LogP contribution in [0.15, 0.2) is 71.6 Å². The topological polar surface area (TPSA) is 45.8 Å². The van der Waals surface area contributed by atoms with Crippen molar-refractivity contribution in [2.24, 2.45) is 0 Å². The fourth-order valence-corrected chi connectivity index (χ4v) is 2.94. The highest BCUT2D eigenvalue weighted by Gasteiger charge is 2.36. The minimum Gasteiger partial charge on any atom is -0.303 e. The van der Waals surface area contributed by atoms with E-state index in [1.807, 2.05) is 0 Å². The summed E-state index contributed by atoms with van der Waals surface area (Å²) in [6.07, 6.45) is -0.179. The Kier molecular flexibility index (Phi) is 7.40. The molecule has 2 rings (SSSR count). The second-order valence-corrected chi connectivity index (χ2v) is 6.85. The van der Waals surface area contributed by atoms with E-state index >= 15 is 0 Å². The number of rotatable bonds is 6. The van der Waals surface area contributed by atoms with Crippen LogP contribution >= 0.6 is 15.9 Å². The summed E-state index contributed by atoms with van der Waals surface area (Å²) in [6, 6.07) is 11.1. The smallest absolute Gasteiger partial charge is 0.303 e. The lowest BCUT2D eigenvalue weighted by atomic mass is 10.0. The second-order valence-electron chi connectivity index (χ2n) is 6.29. The van der Waals surface area contributed by atoms with Crippen LogP contribution in [0.2, 0.25) is 0 Å². The van der Waals surface area contributed by atoms with Crippen molar-refractivity contribution in [3.05, 3.63) is 99.5 Å². The predicted octanol–water partition coefficient (Wildman–Crippen LogP) is 5.70. The van der Waals surface area contributed by atoms with Gasteiger partial charge in [-0.25, -0.2) is 0 Å². The quantitative estimate of drug-likeness (QED) is 0.408. The van der Waals surface area contributed by atoms with E-state index in [9.17, 15) is 23.2 Å². The van der Waals surface area contributed by atoms with Crippen molar-refractivity contribution < 1.29 is 13.2 Å². The van der Waals surface area contributed by atoms with E-state index in [1.165, 1.54) is 22.8 Å². The van der Waals surface area contributed by atoms with Gasteiger partial charge in [-0.15, -0.1) is 0 Å². The van der Waals surface area contributed by atoms with Gasteiger partial charge in [0.25, 0.3) is 5.56 Å². The van der Waals surface area contributed by atoms with Crippen LogP contribution in [0.3, 0.4) is 0 Å². The third kappa shape index (κ3) is 5.36. The number of hydrogen-bond acceptors (Lipinski definition) is 2. The SMILES string of the molecule is C=C/C=C(\C=C(/C)CBr)c1cc(C(F)(F)F)c(C#N)c(=O)n1Cc1ccccc1. The molecule has 0 unspecified atom stereocenters. The largest absolute Gasteiger partial charge is 0.417 e. The van der Waals surface area contributed by atoms with Crippen LogP contribution in [0.25, 0.3) is 5.57 Å². The monoisotopic (exact) mass is 462 g/mol. The highest BCUT2D eigenvalue weighted by atomic mass is 79.9. The highest BCUT2D eigenvalue weighted by Crippen LogP contribution is 2.33. The maximum Gasteiger partial charge on any atom is 0.417 e. The van der Waals surface area contributed by atoms with Gasteiger partial charge in [-0.3, -0.25) is 4.79 Å². The normalized spacial score (nSPS) is 12.6. The summed E-state index contributed by atoms with van der Waals surface area (Å²) in [7, 11) is 0. The van der Waals surface area contributed by atoms with Gasteiger partial charge in [0.15, 0.2) is 0 Å². The van der Waals surface area contributed by atoms with Crippen LogP contribution < -0.4 is 5.56 Å². The molecule has 29 heavy (non-hydrogen) atoms. The first-order valence-corrected chi connectivity index (χ1v) is 9.70. The van der Waals surface area contributed by atoms with E-state index in [4.69, 9.17) is 0 Å². The first-order chi connectivity index (χ1) is 13.7. The third-order valence-electron chi connectivity index (χ3n) is 4.11. The molecule has 0 amide bonds. The molecular weight excluding hydrogens is 445 g/mol. The predicted molar refractivity (Wildman–Crippen MR) is 112 cm³/mol. The number of pyridine rings is 1. The molecule has 0 aliphatic rings. The molecule has 150 valence electrons. The molecule has 1 heterocycles. The Morgan fingerprint density at radius 2 is 1.97 bits per heavy atom. The molecule has 0 saturated carbocycles. The van der Waals surface area contributed by atoms with Crippen LogP contribution in [0.4, 0.5) is 13.2 Å². The standard InChI is InChI=1S/C22H18BrF3N2O/c1-3-7-17(10-15(2)12-23)20-11-19(22(24,25)26)18(13-27)21(29)28(20)14-16-8-5-4-6-9-16/h3-11H,1,12,14H2,2H3/b15-10+,17-7+. The van der Waals surface area contributed by atoms with Gasteiger partial charge < -0.3 is 4.57 Å². The number of nitrogens with zero attached hydrogens (tertiary/aromatic N) is 2. The van der Waals surface area contributed by atoms with Gasteiger partial charge in [0, 0.05) is 5.33 Å². The molecular formula is C22H18BrF3N2O. The Hall–Kier alpha value is -2.85. The number of benzene rings is 1. The van der Waals surface area contributed by atoms with E-state index in [-0.39, 0.29) is 12.2 Å². The summed E-state index contributed by atoms with van der Waals surface area (Å²) in [4.78, 5) is 12.9. The second kappa shape index (κ2) is 9.57. The highest BCUT2D eigenvalue weighted by molar-refractivity contribution is 9.09. The van der Waals surface area contributed by atoms with Gasteiger partial charge in [-0.2, -0.15) is 18.4 Å². The number of aromatic nitrogens is 1. The van der Waals surface area contributed by atoms with Crippen LogP contribution in [-0.2, 0) is 12.7 Å².